The average Bonchev–Trinajstić information content (AvgIpc) is 3.03. The van der Waals surface area contributed by atoms with Crippen LogP contribution in [-0.2, 0) is 0 Å². The fourth-order valence-corrected chi connectivity index (χ4v) is 2.72. The van der Waals surface area contributed by atoms with Crippen LogP contribution >= 0.6 is 11.3 Å². The van der Waals surface area contributed by atoms with Gasteiger partial charge in [0.25, 0.3) is 0 Å². The first-order valence-electron chi connectivity index (χ1n) is 7.31. The number of halogens is 3. The maximum atomic E-state index is 13.7. The Labute approximate surface area is 150 Å². The van der Waals surface area contributed by atoms with Gasteiger partial charge in [0.1, 0.15) is 23.2 Å². The smallest absolute Gasteiger partial charge is 0.327 e. The highest BCUT2D eigenvalue weighted by molar-refractivity contribution is 7.17. The van der Waals surface area contributed by atoms with Crippen LogP contribution in [0.5, 0.6) is 10.8 Å². The summed E-state index contributed by atoms with van der Waals surface area (Å²) in [5.41, 5.74) is -0.213. The number of aromatic nitrogens is 1. The highest BCUT2D eigenvalue weighted by atomic mass is 32.1. The van der Waals surface area contributed by atoms with E-state index in [0.29, 0.717) is 5.06 Å². The zero-order valence-electron chi connectivity index (χ0n) is 13.4. The third kappa shape index (κ3) is 4.12. The Morgan fingerprint density at radius 1 is 1.15 bits per heavy atom. The van der Waals surface area contributed by atoms with E-state index in [1.165, 1.54) is 31.4 Å². The lowest BCUT2D eigenvalue weighted by Gasteiger charge is -2.17. The summed E-state index contributed by atoms with van der Waals surface area (Å²) in [6, 6.07) is 7.66. The first-order chi connectivity index (χ1) is 12.4. The van der Waals surface area contributed by atoms with Gasteiger partial charge >= 0.3 is 6.03 Å². The molecule has 0 atom stereocenters. The maximum Gasteiger partial charge on any atom is 0.327 e. The molecule has 0 fully saturated rings. The summed E-state index contributed by atoms with van der Waals surface area (Å²) in [5.74, 6) is -1.57. The zero-order chi connectivity index (χ0) is 18.7. The topological polar surface area (TPSA) is 54.5 Å². The fourth-order valence-electron chi connectivity index (χ4n) is 2.04. The highest BCUT2D eigenvalue weighted by Crippen LogP contribution is 2.31. The molecule has 1 N–H and O–H groups in total. The van der Waals surface area contributed by atoms with Gasteiger partial charge in [-0.2, -0.15) is 0 Å². The number of thiazole rings is 1. The lowest BCUT2D eigenvalue weighted by atomic mass is 10.3. The molecule has 0 aliphatic carbocycles. The number of amides is 2. The van der Waals surface area contributed by atoms with E-state index < -0.39 is 23.5 Å². The van der Waals surface area contributed by atoms with Gasteiger partial charge in [0, 0.05) is 19.2 Å². The maximum absolute atomic E-state index is 13.7. The Morgan fingerprint density at radius 2 is 1.92 bits per heavy atom. The molecule has 0 saturated carbocycles. The molecule has 5 nitrogen and oxygen atoms in total. The lowest BCUT2D eigenvalue weighted by Crippen LogP contribution is -2.31. The fraction of sp³-hybridized carbons (Fsp3) is 0.0588. The molecule has 9 heteroatoms. The third-order valence-electron chi connectivity index (χ3n) is 3.29. The van der Waals surface area contributed by atoms with Crippen LogP contribution in [-0.4, -0.2) is 18.1 Å². The van der Waals surface area contributed by atoms with Crippen LogP contribution < -0.4 is 15.0 Å². The largest absolute Gasteiger partial charge is 0.445 e. The molecule has 0 saturated heterocycles. The van der Waals surface area contributed by atoms with E-state index in [4.69, 9.17) is 4.74 Å². The second kappa shape index (κ2) is 7.44. The van der Waals surface area contributed by atoms with Crippen LogP contribution in [0, 0.1) is 17.5 Å². The standard InChI is InChI=1S/C17H12F3N3O2S/c1-23(14-8-11(19)5-6-13(14)20)17(24)22-16-21-9-15(26-16)25-12-4-2-3-10(18)7-12/h2-9H,1H3,(H,21,22,24). The van der Waals surface area contributed by atoms with E-state index in [9.17, 15) is 18.0 Å². The molecular formula is C17H12F3N3O2S. The Kier molecular flexibility index (Phi) is 5.08. The van der Waals surface area contributed by atoms with Crippen LogP contribution in [0.25, 0.3) is 0 Å². The third-order valence-corrected chi connectivity index (χ3v) is 4.08. The SMILES string of the molecule is CN(C(=O)Nc1ncc(Oc2cccc(F)c2)s1)c1cc(F)ccc1F. The van der Waals surface area contributed by atoms with E-state index in [-0.39, 0.29) is 16.6 Å². The Balaban J connectivity index is 1.68. The first kappa shape index (κ1) is 17.7. The van der Waals surface area contributed by atoms with E-state index in [1.54, 1.807) is 6.07 Å². The van der Waals surface area contributed by atoms with Gasteiger partial charge in [-0.05, 0) is 24.3 Å². The quantitative estimate of drug-likeness (QED) is 0.692. The number of nitrogens with one attached hydrogen (secondary N) is 1. The van der Waals surface area contributed by atoms with Crippen LogP contribution in [0.3, 0.4) is 0 Å². The number of ether oxygens (including phenoxy) is 1. The minimum Gasteiger partial charge on any atom is -0.445 e. The molecule has 0 radical (unpaired) electrons. The molecule has 1 aromatic heterocycles. The number of rotatable bonds is 4. The summed E-state index contributed by atoms with van der Waals surface area (Å²) in [4.78, 5) is 17.1. The molecule has 0 bridgehead atoms. The second-order valence-corrected chi connectivity index (χ2v) is 6.12. The summed E-state index contributed by atoms with van der Waals surface area (Å²) in [5, 5.41) is 2.97. The molecule has 134 valence electrons. The zero-order valence-corrected chi connectivity index (χ0v) is 14.2. The van der Waals surface area contributed by atoms with Gasteiger partial charge in [0.2, 0.25) is 5.06 Å². The van der Waals surface area contributed by atoms with Crippen molar-refractivity contribution in [2.75, 3.05) is 17.3 Å². The molecule has 3 aromatic rings. The molecule has 2 amide bonds. The van der Waals surface area contributed by atoms with E-state index >= 15 is 0 Å². The molecule has 26 heavy (non-hydrogen) atoms. The van der Waals surface area contributed by atoms with Gasteiger partial charge in [-0.1, -0.05) is 17.4 Å². The van der Waals surface area contributed by atoms with Gasteiger partial charge < -0.3 is 4.74 Å². The normalized spacial score (nSPS) is 10.5. The number of carbonyl (C=O) groups excluding carboxylic acids is 1. The number of nitrogens with zero attached hydrogens (tertiary/aromatic N) is 2. The molecule has 0 aliphatic rings. The molecule has 0 aliphatic heterocycles. The first-order valence-corrected chi connectivity index (χ1v) is 8.13. The second-order valence-electron chi connectivity index (χ2n) is 5.13. The number of anilines is 2. The minimum atomic E-state index is -0.738. The number of benzene rings is 2. The number of hydrogen-bond acceptors (Lipinski definition) is 4. The summed E-state index contributed by atoms with van der Waals surface area (Å²) in [7, 11) is 1.30. The molecular weight excluding hydrogens is 367 g/mol. The molecule has 3 rings (SSSR count). The highest BCUT2D eigenvalue weighted by Gasteiger charge is 2.17. The number of hydrogen-bond donors (Lipinski definition) is 1. The van der Waals surface area contributed by atoms with Crippen LogP contribution in [0.1, 0.15) is 0 Å². The van der Waals surface area contributed by atoms with E-state index in [2.05, 4.69) is 10.3 Å². The molecule has 0 spiro atoms. The van der Waals surface area contributed by atoms with Crippen molar-refractivity contribution >= 4 is 28.2 Å². The lowest BCUT2D eigenvalue weighted by molar-refractivity contribution is 0.258. The summed E-state index contributed by atoms with van der Waals surface area (Å²) in [6.45, 7) is 0. The van der Waals surface area contributed by atoms with Gasteiger partial charge in [0.05, 0.1) is 11.9 Å². The van der Waals surface area contributed by atoms with Crippen molar-refractivity contribution in [2.24, 2.45) is 0 Å². The van der Waals surface area contributed by atoms with Gasteiger partial charge in [0.15, 0.2) is 5.13 Å². The van der Waals surface area contributed by atoms with Crippen molar-refractivity contribution in [3.63, 3.8) is 0 Å². The van der Waals surface area contributed by atoms with Crippen molar-refractivity contribution in [2.45, 2.75) is 0 Å². The minimum absolute atomic E-state index is 0.185. The van der Waals surface area contributed by atoms with Crippen LogP contribution in [0.15, 0.2) is 48.7 Å². The van der Waals surface area contributed by atoms with Gasteiger partial charge in [-0.3, -0.25) is 10.2 Å². The van der Waals surface area contributed by atoms with Crippen molar-refractivity contribution in [3.8, 4) is 10.8 Å². The van der Waals surface area contributed by atoms with Crippen molar-refractivity contribution in [1.82, 2.24) is 4.98 Å². The predicted octanol–water partition coefficient (Wildman–Crippen LogP) is 5.02. The van der Waals surface area contributed by atoms with Crippen LogP contribution in [0.4, 0.5) is 28.8 Å². The summed E-state index contributed by atoms with van der Waals surface area (Å²) in [6.07, 6.45) is 1.36. The Morgan fingerprint density at radius 3 is 2.69 bits per heavy atom. The Hall–Kier alpha value is -3.07. The van der Waals surface area contributed by atoms with Gasteiger partial charge in [-0.15, -0.1) is 0 Å². The van der Waals surface area contributed by atoms with Crippen molar-refractivity contribution in [3.05, 3.63) is 66.1 Å². The summed E-state index contributed by atoms with van der Waals surface area (Å²) < 4.78 is 45.6. The van der Waals surface area contributed by atoms with Crippen LogP contribution in [0.2, 0.25) is 0 Å². The van der Waals surface area contributed by atoms with Crippen molar-refractivity contribution < 1.29 is 22.7 Å². The molecule has 1 heterocycles. The van der Waals surface area contributed by atoms with E-state index in [1.807, 2.05) is 0 Å². The Bertz CT molecular complexity index is 949. The van der Waals surface area contributed by atoms with Crippen molar-refractivity contribution in [1.29, 1.82) is 0 Å². The molecule has 2 aromatic carbocycles. The number of carbonyl (C=O) groups is 1. The van der Waals surface area contributed by atoms with Gasteiger partial charge in [-0.25, -0.2) is 22.9 Å². The average molecular weight is 379 g/mol. The number of urea groups is 1. The monoisotopic (exact) mass is 379 g/mol. The predicted molar refractivity (Wildman–Crippen MR) is 92.4 cm³/mol. The summed E-state index contributed by atoms with van der Waals surface area (Å²) >= 11 is 1.000. The van der Waals surface area contributed by atoms with E-state index in [0.717, 1.165) is 34.4 Å². The molecule has 0 unspecified atom stereocenters.